The minimum atomic E-state index is -1.00. The molecule has 0 spiro atoms. The van der Waals surface area contributed by atoms with Gasteiger partial charge in [0.25, 0.3) is 0 Å². The van der Waals surface area contributed by atoms with E-state index in [-0.39, 0.29) is 11.4 Å². The highest BCUT2D eigenvalue weighted by molar-refractivity contribution is 9.10. The van der Waals surface area contributed by atoms with Crippen LogP contribution in [0.15, 0.2) is 40.9 Å². The number of imidazole rings is 1. The SMILES string of the molecule is Cn1c(-c2ccc(Br)c(F)c2)nc2cc(C(=O)O)ccc21. The van der Waals surface area contributed by atoms with E-state index in [1.807, 2.05) is 11.6 Å². The van der Waals surface area contributed by atoms with Crippen molar-refractivity contribution in [1.82, 2.24) is 9.55 Å². The quantitative estimate of drug-likeness (QED) is 0.765. The topological polar surface area (TPSA) is 55.1 Å². The molecule has 1 N–H and O–H groups in total. The van der Waals surface area contributed by atoms with Crippen LogP contribution in [0.5, 0.6) is 0 Å². The van der Waals surface area contributed by atoms with Crippen LogP contribution in [-0.4, -0.2) is 20.6 Å². The third-order valence-corrected chi connectivity index (χ3v) is 3.95. The van der Waals surface area contributed by atoms with Crippen molar-refractivity contribution in [3.8, 4) is 11.4 Å². The van der Waals surface area contributed by atoms with Gasteiger partial charge in [-0.3, -0.25) is 0 Å². The predicted octanol–water partition coefficient (Wildman–Crippen LogP) is 3.84. The molecule has 0 aliphatic rings. The van der Waals surface area contributed by atoms with Crippen LogP contribution in [0.1, 0.15) is 10.4 Å². The van der Waals surface area contributed by atoms with Gasteiger partial charge in [0.15, 0.2) is 0 Å². The summed E-state index contributed by atoms with van der Waals surface area (Å²) in [4.78, 5) is 15.4. The van der Waals surface area contributed by atoms with Gasteiger partial charge in [0.05, 0.1) is 21.1 Å². The van der Waals surface area contributed by atoms with E-state index >= 15 is 0 Å². The largest absolute Gasteiger partial charge is 0.478 e. The molecule has 0 unspecified atom stereocenters. The summed E-state index contributed by atoms with van der Waals surface area (Å²) in [6, 6.07) is 9.50. The van der Waals surface area contributed by atoms with Gasteiger partial charge >= 0.3 is 5.97 Å². The molecule has 0 atom stereocenters. The van der Waals surface area contributed by atoms with Crippen LogP contribution < -0.4 is 0 Å². The Kier molecular flexibility index (Phi) is 3.25. The number of hydrogen-bond donors (Lipinski definition) is 1. The average Bonchev–Trinajstić information content (AvgIpc) is 2.78. The fourth-order valence-electron chi connectivity index (χ4n) is 2.23. The van der Waals surface area contributed by atoms with E-state index < -0.39 is 5.97 Å². The fourth-order valence-corrected chi connectivity index (χ4v) is 2.47. The molecule has 3 aromatic rings. The number of carbonyl (C=O) groups is 1. The maximum Gasteiger partial charge on any atom is 0.335 e. The summed E-state index contributed by atoms with van der Waals surface area (Å²) in [6.45, 7) is 0. The summed E-state index contributed by atoms with van der Waals surface area (Å²) in [5.74, 6) is -0.788. The van der Waals surface area contributed by atoms with Crippen LogP contribution >= 0.6 is 15.9 Å². The Labute approximate surface area is 128 Å². The van der Waals surface area contributed by atoms with Gasteiger partial charge in [0.1, 0.15) is 11.6 Å². The van der Waals surface area contributed by atoms with E-state index in [4.69, 9.17) is 5.11 Å². The zero-order chi connectivity index (χ0) is 15.1. The number of carboxylic acids is 1. The molecule has 21 heavy (non-hydrogen) atoms. The van der Waals surface area contributed by atoms with Crippen LogP contribution in [0.4, 0.5) is 4.39 Å². The normalized spacial score (nSPS) is 11.0. The lowest BCUT2D eigenvalue weighted by Gasteiger charge is -2.03. The first kappa shape index (κ1) is 13.8. The molecule has 0 aliphatic carbocycles. The van der Waals surface area contributed by atoms with Crippen molar-refractivity contribution in [3.05, 3.63) is 52.3 Å². The van der Waals surface area contributed by atoms with E-state index in [1.54, 1.807) is 18.2 Å². The second-order valence-corrected chi connectivity index (χ2v) is 5.49. The lowest BCUT2D eigenvalue weighted by Crippen LogP contribution is -1.96. The number of aryl methyl sites for hydroxylation is 1. The Morgan fingerprint density at radius 3 is 2.71 bits per heavy atom. The molecule has 6 heteroatoms. The van der Waals surface area contributed by atoms with Gasteiger partial charge in [-0.1, -0.05) is 0 Å². The van der Waals surface area contributed by atoms with E-state index in [2.05, 4.69) is 20.9 Å². The van der Waals surface area contributed by atoms with Crippen molar-refractivity contribution in [2.24, 2.45) is 7.05 Å². The van der Waals surface area contributed by atoms with Crippen molar-refractivity contribution in [2.45, 2.75) is 0 Å². The van der Waals surface area contributed by atoms with Crippen LogP contribution in [0, 0.1) is 5.82 Å². The van der Waals surface area contributed by atoms with Crippen molar-refractivity contribution < 1.29 is 14.3 Å². The molecule has 0 bridgehead atoms. The number of hydrogen-bond acceptors (Lipinski definition) is 2. The molecule has 0 fully saturated rings. The molecule has 0 radical (unpaired) electrons. The molecule has 0 amide bonds. The average molecular weight is 349 g/mol. The monoisotopic (exact) mass is 348 g/mol. The third kappa shape index (κ3) is 2.31. The van der Waals surface area contributed by atoms with Crippen molar-refractivity contribution >= 4 is 32.9 Å². The number of carboxylic acid groups (broad SMARTS) is 1. The summed E-state index contributed by atoms with van der Waals surface area (Å²) in [6.07, 6.45) is 0. The van der Waals surface area contributed by atoms with Gasteiger partial charge in [-0.15, -0.1) is 0 Å². The lowest BCUT2D eigenvalue weighted by atomic mass is 10.2. The maximum absolute atomic E-state index is 13.7. The highest BCUT2D eigenvalue weighted by Gasteiger charge is 2.13. The van der Waals surface area contributed by atoms with Crippen LogP contribution in [-0.2, 0) is 7.05 Å². The minimum Gasteiger partial charge on any atom is -0.478 e. The van der Waals surface area contributed by atoms with Gasteiger partial charge in [0.2, 0.25) is 0 Å². The molecular weight excluding hydrogens is 339 g/mol. The highest BCUT2D eigenvalue weighted by atomic mass is 79.9. The number of aromatic carboxylic acids is 1. The zero-order valence-corrected chi connectivity index (χ0v) is 12.6. The number of rotatable bonds is 2. The van der Waals surface area contributed by atoms with E-state index in [0.29, 0.717) is 21.4 Å². The first-order valence-electron chi connectivity index (χ1n) is 6.12. The van der Waals surface area contributed by atoms with Crippen LogP contribution in [0.3, 0.4) is 0 Å². The first-order valence-corrected chi connectivity index (χ1v) is 6.92. The summed E-state index contributed by atoms with van der Waals surface area (Å²) in [5.41, 5.74) is 2.16. The summed E-state index contributed by atoms with van der Waals surface area (Å²) >= 11 is 3.11. The summed E-state index contributed by atoms with van der Waals surface area (Å²) in [7, 11) is 1.81. The second-order valence-electron chi connectivity index (χ2n) is 4.63. The molecule has 106 valence electrons. The smallest absolute Gasteiger partial charge is 0.335 e. The molecule has 3 rings (SSSR count). The van der Waals surface area contributed by atoms with Crippen LogP contribution in [0.25, 0.3) is 22.4 Å². The standard InChI is InChI=1S/C15H10BrFN2O2/c1-19-13-5-3-9(15(20)21)7-12(13)18-14(19)8-2-4-10(16)11(17)6-8/h2-7H,1H3,(H,20,21). The van der Waals surface area contributed by atoms with Crippen molar-refractivity contribution in [2.75, 3.05) is 0 Å². The van der Waals surface area contributed by atoms with Crippen LogP contribution in [0.2, 0.25) is 0 Å². The fraction of sp³-hybridized carbons (Fsp3) is 0.0667. The number of benzene rings is 2. The molecule has 0 aliphatic heterocycles. The Bertz CT molecular complexity index is 873. The van der Waals surface area contributed by atoms with Gasteiger partial charge in [-0.25, -0.2) is 14.2 Å². The van der Waals surface area contributed by atoms with Gasteiger partial charge in [-0.2, -0.15) is 0 Å². The molecule has 4 nitrogen and oxygen atoms in total. The molecule has 1 heterocycles. The number of fused-ring (bicyclic) bond motifs is 1. The predicted molar refractivity (Wildman–Crippen MR) is 80.8 cm³/mol. The van der Waals surface area contributed by atoms with E-state index in [0.717, 1.165) is 5.52 Å². The molecule has 0 saturated heterocycles. The zero-order valence-electron chi connectivity index (χ0n) is 11.0. The van der Waals surface area contributed by atoms with Gasteiger partial charge < -0.3 is 9.67 Å². The van der Waals surface area contributed by atoms with E-state index in [1.165, 1.54) is 18.2 Å². The van der Waals surface area contributed by atoms with Crippen molar-refractivity contribution in [3.63, 3.8) is 0 Å². The van der Waals surface area contributed by atoms with Gasteiger partial charge in [-0.05, 0) is 52.3 Å². The summed E-state index contributed by atoms with van der Waals surface area (Å²) < 4.78 is 15.9. The van der Waals surface area contributed by atoms with Crippen molar-refractivity contribution in [1.29, 1.82) is 0 Å². The highest BCUT2D eigenvalue weighted by Crippen LogP contribution is 2.27. The molecular formula is C15H10BrFN2O2. The maximum atomic E-state index is 13.7. The minimum absolute atomic E-state index is 0.175. The Morgan fingerprint density at radius 2 is 2.05 bits per heavy atom. The molecule has 2 aromatic carbocycles. The third-order valence-electron chi connectivity index (χ3n) is 3.31. The Balaban J connectivity index is 2.21. The Morgan fingerprint density at radius 1 is 1.29 bits per heavy atom. The van der Waals surface area contributed by atoms with E-state index in [9.17, 15) is 9.18 Å². The van der Waals surface area contributed by atoms with Gasteiger partial charge in [0, 0.05) is 12.6 Å². The molecule has 0 saturated carbocycles. The lowest BCUT2D eigenvalue weighted by molar-refractivity contribution is 0.0697. The Hall–Kier alpha value is -2.21. The first-order chi connectivity index (χ1) is 9.97. The summed E-state index contributed by atoms with van der Waals surface area (Å²) in [5, 5.41) is 9.01. The molecule has 1 aromatic heterocycles. The number of aromatic nitrogens is 2. The number of nitrogens with zero attached hydrogens (tertiary/aromatic N) is 2. The second kappa shape index (κ2) is 4.96. The number of halogens is 2.